The van der Waals surface area contributed by atoms with E-state index in [0.717, 1.165) is 58.0 Å². The molecule has 0 spiro atoms. The predicted octanol–water partition coefficient (Wildman–Crippen LogP) is 8.13. The third-order valence-corrected chi connectivity index (χ3v) is 8.28. The van der Waals surface area contributed by atoms with Crippen LogP contribution in [0.4, 0.5) is 0 Å². The van der Waals surface area contributed by atoms with Crippen LogP contribution in [-0.2, 0) is 13.1 Å². The highest BCUT2D eigenvalue weighted by atomic mass is 15.1. The fourth-order valence-electron chi connectivity index (χ4n) is 6.31. The van der Waals surface area contributed by atoms with Crippen LogP contribution in [0.25, 0.3) is 66.1 Å². The highest BCUT2D eigenvalue weighted by Crippen LogP contribution is 2.37. The third kappa shape index (κ3) is 3.79. The summed E-state index contributed by atoms with van der Waals surface area (Å²) in [6, 6.07) is 29.9. The molecule has 0 N–H and O–H groups in total. The predicted molar refractivity (Wildman–Crippen MR) is 170 cm³/mol. The lowest BCUT2D eigenvalue weighted by molar-refractivity contribution is 0.631. The first kappa shape index (κ1) is 24.4. The molecule has 2 aromatic carbocycles. The minimum absolute atomic E-state index is 0.760. The van der Waals surface area contributed by atoms with E-state index < -0.39 is 0 Å². The van der Waals surface area contributed by atoms with Crippen molar-refractivity contribution in [2.24, 2.45) is 0 Å². The van der Waals surface area contributed by atoms with E-state index in [9.17, 15) is 0 Å². The van der Waals surface area contributed by atoms with Gasteiger partial charge in [0.25, 0.3) is 0 Å². The summed E-state index contributed by atoms with van der Waals surface area (Å²) in [5.41, 5.74) is 10.6. The Bertz CT molecular complexity index is 2090. The largest absolute Gasteiger partial charge is 0.337 e. The number of benzene rings is 2. The van der Waals surface area contributed by atoms with Gasteiger partial charge >= 0.3 is 0 Å². The van der Waals surface area contributed by atoms with Gasteiger partial charge in [0.1, 0.15) is 0 Å². The number of hydrogen-bond donors (Lipinski definition) is 0. The molecule has 8 aromatic rings. The van der Waals surface area contributed by atoms with Gasteiger partial charge < -0.3 is 9.13 Å². The maximum Gasteiger partial charge on any atom is 0.0960 e. The molecule has 0 unspecified atom stereocenters. The topological polar surface area (TPSA) is 61.4 Å². The summed E-state index contributed by atoms with van der Waals surface area (Å²) < 4.78 is 4.86. The van der Waals surface area contributed by atoms with Crippen molar-refractivity contribution < 1.29 is 0 Å². The molecule has 6 nitrogen and oxygen atoms in total. The van der Waals surface area contributed by atoms with Crippen LogP contribution in [0.15, 0.2) is 110 Å². The molecule has 0 atom stereocenters. The maximum atomic E-state index is 4.88. The van der Waals surface area contributed by atoms with E-state index in [0.29, 0.717) is 0 Å². The summed E-state index contributed by atoms with van der Waals surface area (Å²) in [5, 5.41) is 4.86. The Morgan fingerprint density at radius 2 is 0.929 bits per heavy atom. The van der Waals surface area contributed by atoms with Crippen molar-refractivity contribution in [1.29, 1.82) is 0 Å². The molecule has 6 heteroatoms. The number of aryl methyl sites for hydroxylation is 4. The van der Waals surface area contributed by atoms with Gasteiger partial charge in [-0.15, -0.1) is 0 Å². The van der Waals surface area contributed by atoms with Gasteiger partial charge in [-0.05, 0) is 62.4 Å². The summed E-state index contributed by atoms with van der Waals surface area (Å²) in [6.07, 6.45) is 7.68. The second-order valence-corrected chi connectivity index (χ2v) is 10.8. The molecule has 0 amide bonds. The number of rotatable bonds is 5. The van der Waals surface area contributed by atoms with Crippen LogP contribution >= 0.6 is 0 Å². The minimum atomic E-state index is 0.760. The van der Waals surface area contributed by atoms with E-state index in [1.807, 2.05) is 38.6 Å². The smallest absolute Gasteiger partial charge is 0.0960 e. The van der Waals surface area contributed by atoms with Crippen LogP contribution in [-0.4, -0.2) is 29.1 Å². The highest BCUT2D eigenvalue weighted by Gasteiger charge is 2.19. The van der Waals surface area contributed by atoms with Crippen LogP contribution in [0.3, 0.4) is 0 Å². The molecule has 6 aromatic heterocycles. The summed E-state index contributed by atoms with van der Waals surface area (Å²) in [7, 11) is 0. The number of aromatic nitrogens is 6. The number of para-hydroxylation sites is 2. The molecule has 42 heavy (non-hydrogen) atoms. The van der Waals surface area contributed by atoms with Crippen LogP contribution in [0.1, 0.15) is 11.4 Å². The third-order valence-electron chi connectivity index (χ3n) is 8.28. The van der Waals surface area contributed by atoms with Crippen LogP contribution < -0.4 is 0 Å². The Kier molecular flexibility index (Phi) is 5.60. The van der Waals surface area contributed by atoms with E-state index in [1.54, 1.807) is 0 Å². The molecule has 0 aliphatic carbocycles. The van der Waals surface area contributed by atoms with E-state index in [4.69, 9.17) is 9.97 Å². The van der Waals surface area contributed by atoms with Gasteiger partial charge in [0.2, 0.25) is 0 Å². The standard InChI is InChI=1S/C36H28N6/c1-23-11-13-25(21-39-23)33-35-29(15-17-37-33)27-7-3-5-9-31(27)41(35)19-20-42-32-10-6-4-8-28(32)30-16-18-38-34(36(30)42)26-14-12-24(2)40-22-26/h3-18,21-22H,19-20H2,1-2H3. The lowest BCUT2D eigenvalue weighted by Gasteiger charge is -2.14. The second-order valence-electron chi connectivity index (χ2n) is 10.8. The molecule has 6 heterocycles. The quantitative estimate of drug-likeness (QED) is 0.219. The van der Waals surface area contributed by atoms with Gasteiger partial charge in [0.15, 0.2) is 0 Å². The summed E-state index contributed by atoms with van der Waals surface area (Å²) in [4.78, 5) is 18.9. The van der Waals surface area contributed by atoms with Crippen LogP contribution in [0.2, 0.25) is 0 Å². The van der Waals surface area contributed by atoms with Gasteiger partial charge in [0.05, 0.1) is 22.4 Å². The lowest BCUT2D eigenvalue weighted by atomic mass is 10.1. The number of hydrogen-bond acceptors (Lipinski definition) is 4. The minimum Gasteiger partial charge on any atom is -0.337 e. The Morgan fingerprint density at radius 3 is 1.36 bits per heavy atom. The van der Waals surface area contributed by atoms with Gasteiger partial charge in [-0.2, -0.15) is 0 Å². The molecule has 0 aliphatic heterocycles. The molecule has 0 aliphatic rings. The van der Waals surface area contributed by atoms with Crippen molar-refractivity contribution in [2.45, 2.75) is 26.9 Å². The summed E-state index contributed by atoms with van der Waals surface area (Å²) >= 11 is 0. The van der Waals surface area contributed by atoms with E-state index >= 15 is 0 Å². The first-order valence-electron chi connectivity index (χ1n) is 14.3. The van der Waals surface area contributed by atoms with Crippen molar-refractivity contribution in [3.8, 4) is 22.5 Å². The number of fused-ring (bicyclic) bond motifs is 6. The van der Waals surface area contributed by atoms with Gasteiger partial charge in [0, 0.05) is 93.0 Å². The fourth-order valence-corrected chi connectivity index (χ4v) is 6.31. The lowest BCUT2D eigenvalue weighted by Crippen LogP contribution is -2.08. The molecular formula is C36H28N6. The molecule has 0 fully saturated rings. The zero-order valence-corrected chi connectivity index (χ0v) is 23.5. The molecule has 0 bridgehead atoms. The molecule has 0 saturated heterocycles. The molecule has 8 rings (SSSR count). The normalized spacial score (nSPS) is 11.8. The van der Waals surface area contributed by atoms with Crippen molar-refractivity contribution in [3.05, 3.63) is 121 Å². The van der Waals surface area contributed by atoms with Gasteiger partial charge in [-0.25, -0.2) is 0 Å². The monoisotopic (exact) mass is 544 g/mol. The first-order chi connectivity index (χ1) is 20.7. The molecule has 0 saturated carbocycles. The van der Waals surface area contributed by atoms with Crippen molar-refractivity contribution in [3.63, 3.8) is 0 Å². The second kappa shape index (κ2) is 9.63. The van der Waals surface area contributed by atoms with Crippen molar-refractivity contribution in [2.75, 3.05) is 0 Å². The van der Waals surface area contributed by atoms with E-state index in [2.05, 4.69) is 104 Å². The Morgan fingerprint density at radius 1 is 0.476 bits per heavy atom. The number of pyridine rings is 4. The van der Waals surface area contributed by atoms with Crippen LogP contribution in [0, 0.1) is 13.8 Å². The maximum absolute atomic E-state index is 4.88. The van der Waals surface area contributed by atoms with Gasteiger partial charge in [-0.1, -0.05) is 36.4 Å². The Labute approximate surface area is 243 Å². The average Bonchev–Trinajstić information content (AvgIpc) is 3.53. The Hall–Kier alpha value is -5.36. The average molecular weight is 545 g/mol. The SMILES string of the molecule is Cc1ccc(-c2nccc3c4ccccc4n(CCn4c5ccccc5c5ccnc(-c6ccc(C)nc6)c54)c23)cn1. The van der Waals surface area contributed by atoms with E-state index in [-0.39, 0.29) is 0 Å². The van der Waals surface area contributed by atoms with Crippen LogP contribution in [0.5, 0.6) is 0 Å². The van der Waals surface area contributed by atoms with Crippen molar-refractivity contribution >= 4 is 43.6 Å². The van der Waals surface area contributed by atoms with E-state index in [1.165, 1.54) is 32.6 Å². The fraction of sp³-hybridized carbons (Fsp3) is 0.111. The summed E-state index contributed by atoms with van der Waals surface area (Å²) in [5.74, 6) is 0. The first-order valence-corrected chi connectivity index (χ1v) is 14.3. The molecule has 202 valence electrons. The molecule has 0 radical (unpaired) electrons. The highest BCUT2D eigenvalue weighted by molar-refractivity contribution is 6.13. The zero-order valence-electron chi connectivity index (χ0n) is 23.5. The summed E-state index contributed by atoms with van der Waals surface area (Å²) in [6.45, 7) is 5.54. The van der Waals surface area contributed by atoms with Crippen molar-refractivity contribution in [1.82, 2.24) is 29.1 Å². The van der Waals surface area contributed by atoms with Gasteiger partial charge in [-0.3, -0.25) is 19.9 Å². The molecular weight excluding hydrogens is 516 g/mol. The number of nitrogens with zero attached hydrogens (tertiary/aromatic N) is 6. The Balaban J connectivity index is 1.34. The zero-order chi connectivity index (χ0) is 28.2.